The van der Waals surface area contributed by atoms with Gasteiger partial charge >= 0.3 is 5.97 Å². The molecule has 1 heterocycles. The van der Waals surface area contributed by atoms with E-state index >= 15 is 0 Å². The standard InChI is InChI=1S/C21H19N5O6/c1-3-31-19-11-14(12-22-25-20(27)17-10-13(2)23-24-17)4-9-18(19)32-21(28)15-5-7-16(8-6-15)26(29)30/h4-12H,3H2,1-2H3,(H,23,24)(H,25,27). The molecule has 3 rings (SSSR count). The molecule has 32 heavy (non-hydrogen) atoms. The van der Waals surface area contributed by atoms with Gasteiger partial charge in [-0.3, -0.25) is 20.0 Å². The Morgan fingerprint density at radius 2 is 1.94 bits per heavy atom. The number of carbonyl (C=O) groups is 2. The zero-order chi connectivity index (χ0) is 23.1. The lowest BCUT2D eigenvalue weighted by Crippen LogP contribution is -2.18. The van der Waals surface area contributed by atoms with Crippen molar-refractivity contribution in [2.45, 2.75) is 13.8 Å². The molecule has 0 aliphatic rings. The molecule has 0 fully saturated rings. The van der Waals surface area contributed by atoms with Crippen molar-refractivity contribution in [3.05, 3.63) is 81.2 Å². The maximum absolute atomic E-state index is 12.4. The molecule has 0 aliphatic heterocycles. The molecule has 164 valence electrons. The number of amides is 1. The van der Waals surface area contributed by atoms with Crippen LogP contribution in [0.2, 0.25) is 0 Å². The molecule has 11 heteroatoms. The van der Waals surface area contributed by atoms with E-state index in [2.05, 4.69) is 20.7 Å². The Labute approximate surface area is 182 Å². The molecule has 1 aromatic heterocycles. The topological polar surface area (TPSA) is 149 Å². The molecule has 0 radical (unpaired) electrons. The quantitative estimate of drug-likeness (QED) is 0.181. The fourth-order valence-electron chi connectivity index (χ4n) is 2.59. The lowest BCUT2D eigenvalue weighted by Gasteiger charge is -2.11. The third-order valence-electron chi connectivity index (χ3n) is 4.10. The summed E-state index contributed by atoms with van der Waals surface area (Å²) in [7, 11) is 0. The predicted octanol–water partition coefficient (Wildman–Crippen LogP) is 3.01. The number of carbonyl (C=O) groups excluding carboxylic acids is 2. The normalized spacial score (nSPS) is 10.7. The van der Waals surface area contributed by atoms with Gasteiger partial charge in [-0.2, -0.15) is 10.2 Å². The first kappa shape index (κ1) is 22.2. The number of hydrazone groups is 1. The van der Waals surface area contributed by atoms with Crippen LogP contribution < -0.4 is 14.9 Å². The molecule has 2 N–H and O–H groups in total. The summed E-state index contributed by atoms with van der Waals surface area (Å²) in [6.45, 7) is 3.87. The van der Waals surface area contributed by atoms with E-state index in [9.17, 15) is 19.7 Å². The number of benzene rings is 2. The van der Waals surface area contributed by atoms with Crippen LogP contribution in [0.25, 0.3) is 0 Å². The molecule has 3 aromatic rings. The van der Waals surface area contributed by atoms with Gasteiger partial charge in [-0.05, 0) is 55.8 Å². The van der Waals surface area contributed by atoms with Gasteiger partial charge in [0.1, 0.15) is 0 Å². The van der Waals surface area contributed by atoms with E-state index in [0.29, 0.717) is 17.9 Å². The van der Waals surface area contributed by atoms with Gasteiger partial charge in [0, 0.05) is 17.8 Å². The van der Waals surface area contributed by atoms with Gasteiger partial charge in [0.15, 0.2) is 17.2 Å². The second-order valence-corrected chi connectivity index (χ2v) is 6.47. The first-order valence-corrected chi connectivity index (χ1v) is 9.46. The number of nitrogens with one attached hydrogen (secondary N) is 2. The van der Waals surface area contributed by atoms with Crippen molar-refractivity contribution in [3.8, 4) is 11.5 Å². The Kier molecular flexibility index (Phi) is 6.91. The van der Waals surface area contributed by atoms with Crippen molar-refractivity contribution in [3.63, 3.8) is 0 Å². The van der Waals surface area contributed by atoms with E-state index in [1.54, 1.807) is 32.0 Å². The zero-order valence-electron chi connectivity index (χ0n) is 17.2. The summed E-state index contributed by atoms with van der Waals surface area (Å²) in [6, 6.07) is 11.4. The van der Waals surface area contributed by atoms with E-state index in [0.717, 1.165) is 5.69 Å². The number of hydrogen-bond donors (Lipinski definition) is 2. The molecule has 0 unspecified atom stereocenters. The van der Waals surface area contributed by atoms with Gasteiger partial charge in [-0.25, -0.2) is 10.2 Å². The van der Waals surface area contributed by atoms with E-state index in [1.807, 2.05) is 0 Å². The molecule has 0 atom stereocenters. The van der Waals surface area contributed by atoms with E-state index in [1.165, 1.54) is 36.5 Å². The number of hydrogen-bond acceptors (Lipinski definition) is 8. The number of H-pyrrole nitrogens is 1. The van der Waals surface area contributed by atoms with Crippen LogP contribution in [0.5, 0.6) is 11.5 Å². The average molecular weight is 437 g/mol. The minimum absolute atomic E-state index is 0.130. The van der Waals surface area contributed by atoms with E-state index < -0.39 is 16.8 Å². The van der Waals surface area contributed by atoms with Gasteiger partial charge in [-0.1, -0.05) is 0 Å². The molecule has 11 nitrogen and oxygen atoms in total. The minimum atomic E-state index is -0.691. The van der Waals surface area contributed by atoms with Gasteiger partial charge in [-0.15, -0.1) is 0 Å². The average Bonchev–Trinajstić information content (AvgIpc) is 3.22. The number of nitro groups is 1. The third kappa shape index (κ3) is 5.53. The summed E-state index contributed by atoms with van der Waals surface area (Å²) < 4.78 is 10.9. The second kappa shape index (κ2) is 9.98. The van der Waals surface area contributed by atoms with Gasteiger partial charge < -0.3 is 9.47 Å². The van der Waals surface area contributed by atoms with E-state index in [4.69, 9.17) is 9.47 Å². The molecule has 1 amide bonds. The first-order chi connectivity index (χ1) is 15.4. The number of esters is 1. The molecule has 0 saturated heterocycles. The zero-order valence-corrected chi connectivity index (χ0v) is 17.2. The fraction of sp³-hybridized carbons (Fsp3) is 0.143. The van der Waals surface area contributed by atoms with E-state index in [-0.39, 0.29) is 22.7 Å². The molecule has 0 bridgehead atoms. The number of nitro benzene ring substituents is 1. The summed E-state index contributed by atoms with van der Waals surface area (Å²) in [5.41, 5.74) is 3.94. The molecule has 0 saturated carbocycles. The molecular formula is C21H19N5O6. The molecule has 2 aromatic carbocycles. The van der Waals surface area contributed by atoms with Crippen molar-refractivity contribution >= 4 is 23.8 Å². The Bertz CT molecular complexity index is 1170. The monoisotopic (exact) mass is 437 g/mol. The summed E-state index contributed by atoms with van der Waals surface area (Å²) in [4.78, 5) is 34.5. The van der Waals surface area contributed by atoms with Crippen molar-refractivity contribution in [1.82, 2.24) is 15.6 Å². The lowest BCUT2D eigenvalue weighted by atomic mass is 10.2. The van der Waals surface area contributed by atoms with Gasteiger partial charge in [0.25, 0.3) is 11.6 Å². The predicted molar refractivity (Wildman–Crippen MR) is 114 cm³/mol. The van der Waals surface area contributed by atoms with Crippen molar-refractivity contribution < 1.29 is 24.0 Å². The Morgan fingerprint density at radius 3 is 2.56 bits per heavy atom. The summed E-state index contributed by atoms with van der Waals surface area (Å²) in [6.07, 6.45) is 1.40. The number of nitrogens with zero attached hydrogens (tertiary/aromatic N) is 3. The highest BCUT2D eigenvalue weighted by Crippen LogP contribution is 2.29. The Hall–Kier alpha value is -4.54. The number of aromatic nitrogens is 2. The van der Waals surface area contributed by atoms with Crippen LogP contribution >= 0.6 is 0 Å². The molecule has 0 spiro atoms. The highest BCUT2D eigenvalue weighted by atomic mass is 16.6. The number of aromatic amines is 1. The van der Waals surface area contributed by atoms with Crippen LogP contribution in [0.3, 0.4) is 0 Å². The molecular weight excluding hydrogens is 418 g/mol. The highest BCUT2D eigenvalue weighted by molar-refractivity contribution is 5.93. The SMILES string of the molecule is CCOc1cc(C=NNC(=O)c2cc(C)[nH]n2)ccc1OC(=O)c1ccc([N+](=O)[O-])cc1. The summed E-state index contributed by atoms with van der Waals surface area (Å²) >= 11 is 0. The van der Waals surface area contributed by atoms with Gasteiger partial charge in [0.2, 0.25) is 0 Å². The third-order valence-corrected chi connectivity index (χ3v) is 4.10. The van der Waals surface area contributed by atoms with Crippen molar-refractivity contribution in [1.29, 1.82) is 0 Å². The second-order valence-electron chi connectivity index (χ2n) is 6.47. The highest BCUT2D eigenvalue weighted by Gasteiger charge is 2.15. The van der Waals surface area contributed by atoms with Crippen LogP contribution in [0.15, 0.2) is 53.6 Å². The van der Waals surface area contributed by atoms with Crippen LogP contribution in [0.4, 0.5) is 5.69 Å². The number of rotatable bonds is 8. The number of aryl methyl sites for hydroxylation is 1. The summed E-state index contributed by atoms with van der Waals surface area (Å²) in [5.74, 6) is -0.697. The van der Waals surface area contributed by atoms with Crippen LogP contribution in [-0.2, 0) is 0 Å². The molecule has 0 aliphatic carbocycles. The maximum atomic E-state index is 12.4. The Morgan fingerprint density at radius 1 is 1.19 bits per heavy atom. The lowest BCUT2D eigenvalue weighted by molar-refractivity contribution is -0.384. The smallest absolute Gasteiger partial charge is 0.343 e. The first-order valence-electron chi connectivity index (χ1n) is 9.46. The van der Waals surface area contributed by atoms with Crippen LogP contribution in [0.1, 0.15) is 39.0 Å². The largest absolute Gasteiger partial charge is 0.490 e. The van der Waals surface area contributed by atoms with Crippen molar-refractivity contribution in [2.24, 2.45) is 5.10 Å². The Balaban J connectivity index is 1.70. The van der Waals surface area contributed by atoms with Gasteiger partial charge in [0.05, 0.1) is 23.3 Å². The minimum Gasteiger partial charge on any atom is -0.490 e. The van der Waals surface area contributed by atoms with Crippen LogP contribution in [0, 0.1) is 17.0 Å². The van der Waals surface area contributed by atoms with Crippen molar-refractivity contribution in [2.75, 3.05) is 6.61 Å². The van der Waals surface area contributed by atoms with Crippen LogP contribution in [-0.4, -0.2) is 39.8 Å². The number of ether oxygens (including phenoxy) is 2. The number of non-ortho nitro benzene ring substituents is 1. The maximum Gasteiger partial charge on any atom is 0.343 e. The summed E-state index contributed by atoms with van der Waals surface area (Å²) in [5, 5.41) is 21.1. The fourth-order valence-corrected chi connectivity index (χ4v) is 2.59.